The molecule has 3 atom stereocenters. The standard InChI is InChI=1S/C10H23BN2O2/c12-9-5-4-8(7-9)10(13)3-1-2-6-11(14)15/h8-10,14-15H,1-7,12-13H2/t8-,9?,10?/m1/s1. The first-order valence-corrected chi connectivity index (χ1v) is 5.97. The molecule has 5 heteroatoms. The highest BCUT2D eigenvalue weighted by molar-refractivity contribution is 6.40. The van der Waals surface area contributed by atoms with E-state index < -0.39 is 7.12 Å². The summed E-state index contributed by atoms with van der Waals surface area (Å²) in [5.74, 6) is 0.582. The van der Waals surface area contributed by atoms with Crippen LogP contribution < -0.4 is 11.5 Å². The largest absolute Gasteiger partial charge is 0.451 e. The fourth-order valence-electron chi connectivity index (χ4n) is 2.38. The van der Waals surface area contributed by atoms with E-state index in [1.54, 1.807) is 0 Å². The van der Waals surface area contributed by atoms with Crippen LogP contribution in [0.4, 0.5) is 0 Å². The SMILES string of the molecule is NC1CC[C@@H](C(N)CCCCB(O)O)C1. The van der Waals surface area contributed by atoms with Gasteiger partial charge in [0.15, 0.2) is 0 Å². The quantitative estimate of drug-likeness (QED) is 0.372. The van der Waals surface area contributed by atoms with Crippen LogP contribution in [0.25, 0.3) is 0 Å². The molecule has 88 valence electrons. The summed E-state index contributed by atoms with van der Waals surface area (Å²) in [5.41, 5.74) is 11.9. The summed E-state index contributed by atoms with van der Waals surface area (Å²) in [6.07, 6.45) is 6.57. The molecule has 0 bridgehead atoms. The van der Waals surface area contributed by atoms with E-state index in [1.165, 1.54) is 0 Å². The molecule has 1 aliphatic rings. The summed E-state index contributed by atoms with van der Waals surface area (Å²) < 4.78 is 0. The van der Waals surface area contributed by atoms with Crippen LogP contribution >= 0.6 is 0 Å². The third kappa shape index (κ3) is 4.97. The Balaban J connectivity index is 2.05. The molecule has 0 heterocycles. The lowest BCUT2D eigenvalue weighted by molar-refractivity contribution is 0.383. The van der Waals surface area contributed by atoms with Crippen LogP contribution in [0, 0.1) is 5.92 Å². The second-order valence-corrected chi connectivity index (χ2v) is 4.76. The van der Waals surface area contributed by atoms with E-state index in [1.807, 2.05) is 0 Å². The van der Waals surface area contributed by atoms with Gasteiger partial charge in [0.1, 0.15) is 0 Å². The van der Waals surface area contributed by atoms with Gasteiger partial charge in [0, 0.05) is 12.1 Å². The molecule has 0 amide bonds. The van der Waals surface area contributed by atoms with Gasteiger partial charge in [-0.2, -0.15) is 0 Å². The Hall–Kier alpha value is -0.0951. The Labute approximate surface area is 92.2 Å². The molecule has 0 aromatic rings. The van der Waals surface area contributed by atoms with Crippen molar-refractivity contribution in [2.24, 2.45) is 17.4 Å². The van der Waals surface area contributed by atoms with Crippen molar-refractivity contribution in [3.05, 3.63) is 0 Å². The molecular weight excluding hydrogens is 191 g/mol. The maximum atomic E-state index is 8.67. The van der Waals surface area contributed by atoms with E-state index in [4.69, 9.17) is 21.5 Å². The summed E-state index contributed by atoms with van der Waals surface area (Å²) in [6, 6.07) is 0.592. The third-order valence-corrected chi connectivity index (χ3v) is 3.37. The summed E-state index contributed by atoms with van der Waals surface area (Å²) in [4.78, 5) is 0. The summed E-state index contributed by atoms with van der Waals surface area (Å²) in [5, 5.41) is 17.3. The molecular formula is C10H23BN2O2. The lowest BCUT2D eigenvalue weighted by atomic mass is 9.82. The van der Waals surface area contributed by atoms with Crippen molar-refractivity contribution < 1.29 is 10.0 Å². The third-order valence-electron chi connectivity index (χ3n) is 3.37. The number of nitrogens with two attached hydrogens (primary N) is 2. The maximum absolute atomic E-state index is 8.67. The van der Waals surface area contributed by atoms with Gasteiger partial charge in [-0.15, -0.1) is 0 Å². The molecule has 1 aliphatic carbocycles. The Morgan fingerprint density at radius 2 is 2.00 bits per heavy atom. The van der Waals surface area contributed by atoms with Crippen LogP contribution in [-0.2, 0) is 0 Å². The second-order valence-electron chi connectivity index (χ2n) is 4.76. The zero-order valence-electron chi connectivity index (χ0n) is 9.31. The Morgan fingerprint density at radius 1 is 1.27 bits per heavy atom. The second kappa shape index (κ2) is 6.48. The van der Waals surface area contributed by atoms with E-state index in [0.29, 0.717) is 18.3 Å². The summed E-state index contributed by atoms with van der Waals surface area (Å²) in [7, 11) is -1.17. The van der Waals surface area contributed by atoms with Gasteiger partial charge in [-0.05, 0) is 37.9 Å². The first-order chi connectivity index (χ1) is 7.09. The number of unbranched alkanes of at least 4 members (excludes halogenated alkanes) is 1. The first-order valence-electron chi connectivity index (χ1n) is 5.97. The molecule has 4 nitrogen and oxygen atoms in total. The highest BCUT2D eigenvalue weighted by Crippen LogP contribution is 2.28. The zero-order chi connectivity index (χ0) is 11.3. The predicted molar refractivity (Wildman–Crippen MR) is 62.1 cm³/mol. The number of rotatable bonds is 6. The van der Waals surface area contributed by atoms with Crippen molar-refractivity contribution in [1.82, 2.24) is 0 Å². The molecule has 2 unspecified atom stereocenters. The monoisotopic (exact) mass is 214 g/mol. The summed E-state index contributed by atoms with van der Waals surface area (Å²) >= 11 is 0. The van der Waals surface area contributed by atoms with E-state index >= 15 is 0 Å². The molecule has 0 aromatic heterocycles. The van der Waals surface area contributed by atoms with Crippen LogP contribution in [0.15, 0.2) is 0 Å². The predicted octanol–water partition coefficient (Wildman–Crippen LogP) is 0.0842. The zero-order valence-corrected chi connectivity index (χ0v) is 9.31. The fourth-order valence-corrected chi connectivity index (χ4v) is 2.38. The fraction of sp³-hybridized carbons (Fsp3) is 1.00. The number of hydrogen-bond acceptors (Lipinski definition) is 4. The Bertz CT molecular complexity index is 181. The molecule has 1 saturated carbocycles. The van der Waals surface area contributed by atoms with Crippen LogP contribution in [-0.4, -0.2) is 29.3 Å². The highest BCUT2D eigenvalue weighted by atomic mass is 16.4. The summed E-state index contributed by atoms with van der Waals surface area (Å²) in [6.45, 7) is 0. The smallest absolute Gasteiger partial charge is 0.427 e. The molecule has 0 aromatic carbocycles. The van der Waals surface area contributed by atoms with Crippen LogP contribution in [0.3, 0.4) is 0 Å². The van der Waals surface area contributed by atoms with Gasteiger partial charge in [0.2, 0.25) is 0 Å². The van der Waals surface area contributed by atoms with Crippen molar-refractivity contribution in [1.29, 1.82) is 0 Å². The molecule has 0 saturated heterocycles. The van der Waals surface area contributed by atoms with Crippen molar-refractivity contribution in [2.45, 2.75) is 56.9 Å². The first kappa shape index (κ1) is 13.0. The Morgan fingerprint density at radius 3 is 2.53 bits per heavy atom. The van der Waals surface area contributed by atoms with Gasteiger partial charge < -0.3 is 21.5 Å². The molecule has 0 aliphatic heterocycles. The topological polar surface area (TPSA) is 92.5 Å². The lowest BCUT2D eigenvalue weighted by Crippen LogP contribution is -2.29. The van der Waals surface area contributed by atoms with E-state index in [-0.39, 0.29) is 6.04 Å². The molecule has 15 heavy (non-hydrogen) atoms. The van der Waals surface area contributed by atoms with Gasteiger partial charge in [0.25, 0.3) is 0 Å². The minimum atomic E-state index is -1.17. The molecule has 0 radical (unpaired) electrons. The number of hydrogen-bond donors (Lipinski definition) is 4. The molecule has 1 rings (SSSR count). The van der Waals surface area contributed by atoms with Crippen LogP contribution in [0.1, 0.15) is 38.5 Å². The van der Waals surface area contributed by atoms with Crippen molar-refractivity contribution in [3.8, 4) is 0 Å². The van der Waals surface area contributed by atoms with E-state index in [2.05, 4.69) is 0 Å². The lowest BCUT2D eigenvalue weighted by Gasteiger charge is -2.18. The molecule has 1 fully saturated rings. The van der Waals surface area contributed by atoms with Crippen molar-refractivity contribution in [2.75, 3.05) is 0 Å². The van der Waals surface area contributed by atoms with E-state index in [9.17, 15) is 0 Å². The molecule has 0 spiro atoms. The van der Waals surface area contributed by atoms with E-state index in [0.717, 1.165) is 38.5 Å². The normalized spacial score (nSPS) is 28.0. The van der Waals surface area contributed by atoms with Gasteiger partial charge in [-0.3, -0.25) is 0 Å². The molecule has 6 N–H and O–H groups in total. The van der Waals surface area contributed by atoms with Crippen molar-refractivity contribution in [3.63, 3.8) is 0 Å². The Kier molecular flexibility index (Phi) is 5.60. The van der Waals surface area contributed by atoms with Gasteiger partial charge >= 0.3 is 7.12 Å². The average molecular weight is 214 g/mol. The van der Waals surface area contributed by atoms with Gasteiger partial charge in [-0.1, -0.05) is 12.8 Å². The van der Waals surface area contributed by atoms with Crippen LogP contribution in [0.2, 0.25) is 6.32 Å². The van der Waals surface area contributed by atoms with Gasteiger partial charge in [0.05, 0.1) is 0 Å². The average Bonchev–Trinajstić information content (AvgIpc) is 2.59. The van der Waals surface area contributed by atoms with Gasteiger partial charge in [-0.25, -0.2) is 0 Å². The van der Waals surface area contributed by atoms with Crippen molar-refractivity contribution >= 4 is 7.12 Å². The maximum Gasteiger partial charge on any atom is 0.451 e. The highest BCUT2D eigenvalue weighted by Gasteiger charge is 2.26. The van der Waals surface area contributed by atoms with Crippen LogP contribution in [0.5, 0.6) is 0 Å². The minimum absolute atomic E-state index is 0.245. The minimum Gasteiger partial charge on any atom is -0.427 e.